The van der Waals surface area contributed by atoms with E-state index in [4.69, 9.17) is 0 Å². The van der Waals surface area contributed by atoms with E-state index in [-0.39, 0.29) is 5.56 Å². The Morgan fingerprint density at radius 3 is 2.53 bits per heavy atom. The van der Waals surface area contributed by atoms with Crippen molar-refractivity contribution in [3.8, 4) is 0 Å². The Morgan fingerprint density at radius 2 is 2.06 bits per heavy atom. The van der Waals surface area contributed by atoms with Gasteiger partial charge < -0.3 is 5.11 Å². The molecule has 0 spiro atoms. The van der Waals surface area contributed by atoms with E-state index in [0.717, 1.165) is 0 Å². The van der Waals surface area contributed by atoms with Crippen molar-refractivity contribution in [2.45, 2.75) is 19.9 Å². The zero-order chi connectivity index (χ0) is 13.0. The fourth-order valence-electron chi connectivity index (χ4n) is 1.80. The van der Waals surface area contributed by atoms with Crippen LogP contribution in [0.25, 0.3) is 0 Å². The van der Waals surface area contributed by atoms with Gasteiger partial charge >= 0.3 is 5.97 Å². The zero-order valence-corrected chi connectivity index (χ0v) is 11.4. The van der Waals surface area contributed by atoms with Crippen LogP contribution in [0.3, 0.4) is 0 Å². The summed E-state index contributed by atoms with van der Waals surface area (Å²) in [6.45, 7) is 4.82. The van der Waals surface area contributed by atoms with Gasteiger partial charge in [-0.3, -0.25) is 9.69 Å². The summed E-state index contributed by atoms with van der Waals surface area (Å²) in [4.78, 5) is 13.0. The Morgan fingerprint density at radius 1 is 1.47 bits per heavy atom. The summed E-state index contributed by atoms with van der Waals surface area (Å²) >= 11 is 3.23. The first-order chi connectivity index (χ1) is 8.01. The summed E-state index contributed by atoms with van der Waals surface area (Å²) in [6, 6.07) is 3.41. The van der Waals surface area contributed by atoms with Crippen molar-refractivity contribution in [1.82, 2.24) is 4.90 Å². The second-order valence-electron chi connectivity index (χ2n) is 3.63. The molecule has 94 valence electrons. The van der Waals surface area contributed by atoms with Crippen LogP contribution in [-0.4, -0.2) is 29.1 Å². The number of benzene rings is 1. The van der Waals surface area contributed by atoms with E-state index in [1.165, 1.54) is 12.1 Å². The highest BCUT2D eigenvalue weighted by Crippen LogP contribution is 2.26. The molecule has 3 nitrogen and oxygen atoms in total. The molecule has 0 aliphatic rings. The summed E-state index contributed by atoms with van der Waals surface area (Å²) < 4.78 is 14.4. The number of nitrogens with zero attached hydrogens (tertiary/aromatic N) is 1. The molecule has 1 atom stereocenters. The number of carboxylic acid groups (broad SMARTS) is 1. The van der Waals surface area contributed by atoms with Crippen molar-refractivity contribution in [2.24, 2.45) is 0 Å². The molecule has 0 fully saturated rings. The number of halogens is 2. The molecule has 1 unspecified atom stereocenters. The van der Waals surface area contributed by atoms with E-state index in [1.54, 1.807) is 11.0 Å². The summed E-state index contributed by atoms with van der Waals surface area (Å²) in [5.41, 5.74) is 0.190. The SMILES string of the molecule is CCN(CC)C(C(=O)O)c1cc(Br)ccc1F. The van der Waals surface area contributed by atoms with E-state index in [9.17, 15) is 14.3 Å². The molecule has 1 rings (SSSR count). The fraction of sp³-hybridized carbons (Fsp3) is 0.417. The maximum absolute atomic E-state index is 13.7. The van der Waals surface area contributed by atoms with E-state index >= 15 is 0 Å². The third-order valence-electron chi connectivity index (χ3n) is 2.66. The minimum absolute atomic E-state index is 0.190. The van der Waals surface area contributed by atoms with Gasteiger partial charge in [0.25, 0.3) is 0 Å². The smallest absolute Gasteiger partial charge is 0.325 e. The van der Waals surface area contributed by atoms with Gasteiger partial charge in [-0.25, -0.2) is 4.39 Å². The first kappa shape index (κ1) is 14.1. The Labute approximate surface area is 108 Å². The monoisotopic (exact) mass is 303 g/mol. The van der Waals surface area contributed by atoms with Crippen LogP contribution in [0.1, 0.15) is 25.5 Å². The van der Waals surface area contributed by atoms with Crippen molar-refractivity contribution in [3.05, 3.63) is 34.1 Å². The number of hydrogen-bond donors (Lipinski definition) is 1. The summed E-state index contributed by atoms with van der Waals surface area (Å²) in [5, 5.41) is 9.25. The van der Waals surface area contributed by atoms with Crippen LogP contribution in [0.4, 0.5) is 4.39 Å². The van der Waals surface area contributed by atoms with Crippen LogP contribution < -0.4 is 0 Å². The van der Waals surface area contributed by atoms with Gasteiger partial charge in [-0.1, -0.05) is 29.8 Å². The number of rotatable bonds is 5. The lowest BCUT2D eigenvalue weighted by Crippen LogP contribution is -2.34. The Hall–Kier alpha value is -0.940. The van der Waals surface area contributed by atoms with Gasteiger partial charge in [0.15, 0.2) is 0 Å². The van der Waals surface area contributed by atoms with Crippen LogP contribution in [0, 0.1) is 5.82 Å². The number of aliphatic carboxylic acids is 1. The van der Waals surface area contributed by atoms with Crippen molar-refractivity contribution in [1.29, 1.82) is 0 Å². The lowest BCUT2D eigenvalue weighted by atomic mass is 10.0. The molecule has 0 radical (unpaired) electrons. The molecule has 0 aliphatic heterocycles. The van der Waals surface area contributed by atoms with E-state index < -0.39 is 17.8 Å². The molecule has 5 heteroatoms. The second kappa shape index (κ2) is 6.12. The van der Waals surface area contributed by atoms with Crippen LogP contribution in [0.2, 0.25) is 0 Å². The van der Waals surface area contributed by atoms with Crippen molar-refractivity contribution >= 4 is 21.9 Å². The van der Waals surface area contributed by atoms with Gasteiger partial charge in [-0.2, -0.15) is 0 Å². The number of likely N-dealkylation sites (N-methyl/N-ethyl adjacent to an activating group) is 1. The normalized spacial score (nSPS) is 12.8. The maximum Gasteiger partial charge on any atom is 0.325 e. The van der Waals surface area contributed by atoms with Crippen LogP contribution in [0.15, 0.2) is 22.7 Å². The van der Waals surface area contributed by atoms with Gasteiger partial charge in [0, 0.05) is 10.0 Å². The van der Waals surface area contributed by atoms with Gasteiger partial charge in [0.1, 0.15) is 11.9 Å². The summed E-state index contributed by atoms with van der Waals surface area (Å²) in [7, 11) is 0. The Bertz CT molecular complexity index is 407. The Kier molecular flexibility index (Phi) is 5.08. The topological polar surface area (TPSA) is 40.5 Å². The minimum atomic E-state index is -1.04. The second-order valence-corrected chi connectivity index (χ2v) is 4.54. The lowest BCUT2D eigenvalue weighted by molar-refractivity contribution is -0.143. The van der Waals surface area contributed by atoms with Gasteiger partial charge in [0.2, 0.25) is 0 Å². The third-order valence-corrected chi connectivity index (χ3v) is 3.16. The molecule has 0 saturated heterocycles. The highest BCUT2D eigenvalue weighted by molar-refractivity contribution is 9.10. The first-order valence-corrected chi connectivity index (χ1v) is 6.22. The molecule has 0 heterocycles. The quantitative estimate of drug-likeness (QED) is 0.909. The molecule has 0 aromatic heterocycles. The zero-order valence-electron chi connectivity index (χ0n) is 9.78. The van der Waals surface area contributed by atoms with Crippen molar-refractivity contribution in [3.63, 3.8) is 0 Å². The first-order valence-electron chi connectivity index (χ1n) is 5.43. The van der Waals surface area contributed by atoms with E-state index in [0.29, 0.717) is 17.6 Å². The summed E-state index contributed by atoms with van der Waals surface area (Å²) in [5.74, 6) is -1.53. The van der Waals surface area contributed by atoms with Gasteiger partial charge in [0.05, 0.1) is 0 Å². The summed E-state index contributed by atoms with van der Waals surface area (Å²) in [6.07, 6.45) is 0. The number of carboxylic acids is 1. The van der Waals surface area contributed by atoms with Gasteiger partial charge in [-0.05, 0) is 31.3 Å². The van der Waals surface area contributed by atoms with Crippen LogP contribution >= 0.6 is 15.9 Å². The number of carbonyl (C=O) groups is 1. The molecule has 0 bridgehead atoms. The predicted molar refractivity (Wildman–Crippen MR) is 67.4 cm³/mol. The van der Waals surface area contributed by atoms with Crippen LogP contribution in [0.5, 0.6) is 0 Å². The molecule has 0 saturated carbocycles. The lowest BCUT2D eigenvalue weighted by Gasteiger charge is -2.26. The average molecular weight is 304 g/mol. The third kappa shape index (κ3) is 3.26. The van der Waals surface area contributed by atoms with Gasteiger partial charge in [-0.15, -0.1) is 0 Å². The molecule has 0 aliphatic carbocycles. The number of hydrogen-bond acceptors (Lipinski definition) is 2. The molecule has 1 aromatic rings. The Balaban J connectivity index is 3.22. The van der Waals surface area contributed by atoms with E-state index in [2.05, 4.69) is 15.9 Å². The fourth-order valence-corrected chi connectivity index (χ4v) is 2.18. The average Bonchev–Trinajstić information content (AvgIpc) is 2.29. The molecule has 1 aromatic carbocycles. The molecular formula is C12H15BrFNO2. The van der Waals surface area contributed by atoms with Crippen LogP contribution in [-0.2, 0) is 4.79 Å². The van der Waals surface area contributed by atoms with Crippen molar-refractivity contribution < 1.29 is 14.3 Å². The standard InChI is InChI=1S/C12H15BrFNO2/c1-3-15(4-2)11(12(16)17)9-7-8(13)5-6-10(9)14/h5-7,11H,3-4H2,1-2H3,(H,16,17). The largest absolute Gasteiger partial charge is 0.480 e. The van der Waals surface area contributed by atoms with E-state index in [1.807, 2.05) is 13.8 Å². The van der Waals surface area contributed by atoms with Crippen molar-refractivity contribution in [2.75, 3.05) is 13.1 Å². The molecule has 1 N–H and O–H groups in total. The minimum Gasteiger partial charge on any atom is -0.480 e. The highest BCUT2D eigenvalue weighted by atomic mass is 79.9. The molecular weight excluding hydrogens is 289 g/mol. The molecule has 17 heavy (non-hydrogen) atoms. The molecule has 0 amide bonds. The maximum atomic E-state index is 13.7. The highest BCUT2D eigenvalue weighted by Gasteiger charge is 2.28. The predicted octanol–water partition coefficient (Wildman–Crippen LogP) is 3.06.